The summed E-state index contributed by atoms with van der Waals surface area (Å²) in [6, 6.07) is 0.546. The molecule has 0 aromatic rings. The molecule has 0 aromatic carbocycles. The molecule has 3 heteroatoms. The Morgan fingerprint density at radius 3 is 2.30 bits per heavy atom. The Morgan fingerprint density at radius 2 is 1.67 bits per heavy atom. The van der Waals surface area contributed by atoms with Crippen molar-refractivity contribution in [3.63, 3.8) is 0 Å². The first-order chi connectivity index (χ1) is 14.3. The molecule has 0 radical (unpaired) electrons. The third kappa shape index (κ3) is 12.4. The van der Waals surface area contributed by atoms with Crippen molar-refractivity contribution < 1.29 is 4.79 Å². The van der Waals surface area contributed by atoms with E-state index >= 15 is 0 Å². The van der Waals surface area contributed by atoms with E-state index in [1.54, 1.807) is 0 Å². The van der Waals surface area contributed by atoms with Crippen LogP contribution in [0.3, 0.4) is 0 Å². The Bertz CT molecular complexity index is 584. The van der Waals surface area contributed by atoms with E-state index in [0.29, 0.717) is 18.4 Å². The molecule has 1 N–H and O–H groups in total. The third-order valence-corrected chi connectivity index (χ3v) is 6.25. The van der Waals surface area contributed by atoms with Gasteiger partial charge in [-0.3, -0.25) is 9.69 Å². The zero-order valence-electron chi connectivity index (χ0n) is 20.7. The van der Waals surface area contributed by atoms with Crippen LogP contribution in [0.4, 0.5) is 0 Å². The molecular formula is C27H48N2O. The summed E-state index contributed by atoms with van der Waals surface area (Å²) in [5.74, 6) is 0.664. The minimum atomic E-state index is 0.222. The van der Waals surface area contributed by atoms with E-state index in [9.17, 15) is 4.79 Å². The number of hydrogen-bond acceptors (Lipinski definition) is 2. The van der Waals surface area contributed by atoms with Crippen molar-refractivity contribution in [1.82, 2.24) is 10.2 Å². The quantitative estimate of drug-likeness (QED) is 0.315. The molecule has 1 rings (SSSR count). The molecule has 1 aliphatic rings. The van der Waals surface area contributed by atoms with Crippen molar-refractivity contribution in [3.8, 4) is 0 Å². The number of carbonyl (C=O) groups is 1. The van der Waals surface area contributed by atoms with Crippen LogP contribution in [0, 0.1) is 5.92 Å². The maximum Gasteiger partial charge on any atom is 0.220 e. The van der Waals surface area contributed by atoms with Crippen LogP contribution in [0.1, 0.15) is 99.3 Å². The lowest BCUT2D eigenvalue weighted by atomic mass is 9.99. The van der Waals surface area contributed by atoms with Gasteiger partial charge >= 0.3 is 0 Å². The van der Waals surface area contributed by atoms with Crippen LogP contribution in [0.15, 0.2) is 34.9 Å². The van der Waals surface area contributed by atoms with Crippen LogP contribution in [0.2, 0.25) is 0 Å². The van der Waals surface area contributed by atoms with Crippen LogP contribution in [0.5, 0.6) is 0 Å². The van der Waals surface area contributed by atoms with Gasteiger partial charge in [0.25, 0.3) is 0 Å². The van der Waals surface area contributed by atoms with Gasteiger partial charge in [0.1, 0.15) is 0 Å². The molecule has 1 aliphatic heterocycles. The van der Waals surface area contributed by atoms with E-state index in [2.05, 4.69) is 70.0 Å². The summed E-state index contributed by atoms with van der Waals surface area (Å²) < 4.78 is 0. The van der Waals surface area contributed by atoms with Gasteiger partial charge in [0.15, 0.2) is 0 Å². The van der Waals surface area contributed by atoms with Gasteiger partial charge in [-0.1, -0.05) is 48.8 Å². The van der Waals surface area contributed by atoms with Crippen LogP contribution < -0.4 is 5.32 Å². The van der Waals surface area contributed by atoms with Crippen molar-refractivity contribution in [2.75, 3.05) is 19.6 Å². The Kier molecular flexibility index (Phi) is 13.7. The molecule has 0 spiro atoms. The topological polar surface area (TPSA) is 32.3 Å². The first-order valence-electron chi connectivity index (χ1n) is 12.3. The number of amides is 1. The number of rotatable bonds is 14. The molecule has 1 amide bonds. The second-order valence-corrected chi connectivity index (χ2v) is 9.58. The number of nitrogens with zero attached hydrogens (tertiary/aromatic N) is 1. The third-order valence-electron chi connectivity index (χ3n) is 6.25. The van der Waals surface area contributed by atoms with Crippen molar-refractivity contribution in [2.24, 2.45) is 5.92 Å². The maximum atomic E-state index is 12.3. The minimum Gasteiger partial charge on any atom is -0.355 e. The van der Waals surface area contributed by atoms with Gasteiger partial charge in [-0.15, -0.1) is 0 Å². The number of carbonyl (C=O) groups excluding carboxylic acids is 1. The second kappa shape index (κ2) is 15.5. The molecular weight excluding hydrogens is 368 g/mol. The zero-order valence-corrected chi connectivity index (χ0v) is 20.7. The normalized spacial score (nSPS) is 19.1. The highest BCUT2D eigenvalue weighted by Gasteiger charge is 2.23. The molecule has 3 nitrogen and oxygen atoms in total. The first-order valence-corrected chi connectivity index (χ1v) is 12.3. The van der Waals surface area contributed by atoms with Crippen LogP contribution in [-0.2, 0) is 4.79 Å². The van der Waals surface area contributed by atoms with Gasteiger partial charge < -0.3 is 5.32 Å². The van der Waals surface area contributed by atoms with E-state index < -0.39 is 0 Å². The predicted molar refractivity (Wildman–Crippen MR) is 132 cm³/mol. The van der Waals surface area contributed by atoms with E-state index in [4.69, 9.17) is 0 Å². The standard InChI is InChI=1S/C27H48N2O/c1-7-29-19-11-18-26(29)21-28-27(30)20-25(6)17-10-16-24(5)15-9-14-23(4)13-8-12-22(2)3/h12,14,16,25-26H,7-11,13,15,17-21H2,1-6H3,(H,28,30). The predicted octanol–water partition coefficient (Wildman–Crippen LogP) is 6.81. The van der Waals surface area contributed by atoms with Gasteiger partial charge in [0.2, 0.25) is 5.91 Å². The van der Waals surface area contributed by atoms with Crippen LogP contribution >= 0.6 is 0 Å². The average molecular weight is 417 g/mol. The largest absolute Gasteiger partial charge is 0.355 e. The van der Waals surface area contributed by atoms with Crippen molar-refractivity contribution in [1.29, 1.82) is 0 Å². The van der Waals surface area contributed by atoms with Crippen molar-refractivity contribution >= 4 is 5.91 Å². The number of likely N-dealkylation sites (tertiary alicyclic amines) is 1. The molecule has 1 saturated heterocycles. The summed E-state index contributed by atoms with van der Waals surface area (Å²) in [6.07, 6.45) is 17.0. The number of likely N-dealkylation sites (N-methyl/N-ethyl adjacent to an activating group) is 1. The molecule has 30 heavy (non-hydrogen) atoms. The SMILES string of the molecule is CCN1CCCC1CNC(=O)CC(C)CCC=C(C)CCC=C(C)CCC=C(C)C. The Hall–Kier alpha value is -1.35. The van der Waals surface area contributed by atoms with Crippen molar-refractivity contribution in [3.05, 3.63) is 34.9 Å². The fourth-order valence-corrected chi connectivity index (χ4v) is 4.22. The van der Waals surface area contributed by atoms with Crippen molar-refractivity contribution in [2.45, 2.75) is 105 Å². The number of hydrogen-bond donors (Lipinski definition) is 1. The van der Waals surface area contributed by atoms with Crippen LogP contribution in [0.25, 0.3) is 0 Å². The summed E-state index contributed by atoms with van der Waals surface area (Å²) in [5.41, 5.74) is 4.38. The molecule has 1 heterocycles. The Labute approximate surface area is 187 Å². The Balaban J connectivity index is 2.17. The molecule has 0 saturated carbocycles. The summed E-state index contributed by atoms with van der Waals surface area (Å²) in [7, 11) is 0. The van der Waals surface area contributed by atoms with Gasteiger partial charge in [-0.25, -0.2) is 0 Å². The highest BCUT2D eigenvalue weighted by atomic mass is 16.1. The van der Waals surface area contributed by atoms with Gasteiger partial charge in [0.05, 0.1) is 0 Å². The van der Waals surface area contributed by atoms with Gasteiger partial charge in [0, 0.05) is 19.0 Å². The first kappa shape index (κ1) is 26.7. The highest BCUT2D eigenvalue weighted by Crippen LogP contribution is 2.17. The summed E-state index contributed by atoms with van der Waals surface area (Å²) in [4.78, 5) is 14.7. The Morgan fingerprint density at radius 1 is 1.03 bits per heavy atom. The summed E-state index contributed by atoms with van der Waals surface area (Å²) in [6.45, 7) is 16.3. The minimum absolute atomic E-state index is 0.222. The lowest BCUT2D eigenvalue weighted by molar-refractivity contribution is -0.122. The fourth-order valence-electron chi connectivity index (χ4n) is 4.22. The smallest absolute Gasteiger partial charge is 0.220 e. The van der Waals surface area contributed by atoms with E-state index in [-0.39, 0.29) is 5.91 Å². The molecule has 0 bridgehead atoms. The van der Waals surface area contributed by atoms with Gasteiger partial charge in [-0.2, -0.15) is 0 Å². The van der Waals surface area contributed by atoms with E-state index in [0.717, 1.165) is 45.2 Å². The molecule has 2 unspecified atom stereocenters. The zero-order chi connectivity index (χ0) is 22.4. The van der Waals surface area contributed by atoms with Gasteiger partial charge in [-0.05, 0) is 98.1 Å². The number of allylic oxidation sites excluding steroid dienone is 6. The average Bonchev–Trinajstić information content (AvgIpc) is 3.13. The van der Waals surface area contributed by atoms with E-state index in [1.807, 2.05) is 0 Å². The number of nitrogens with one attached hydrogen (secondary N) is 1. The second-order valence-electron chi connectivity index (χ2n) is 9.58. The molecule has 172 valence electrons. The fraction of sp³-hybridized carbons (Fsp3) is 0.741. The summed E-state index contributed by atoms with van der Waals surface area (Å²) in [5, 5.41) is 3.17. The summed E-state index contributed by atoms with van der Waals surface area (Å²) >= 11 is 0. The molecule has 0 aromatic heterocycles. The molecule has 1 fully saturated rings. The maximum absolute atomic E-state index is 12.3. The van der Waals surface area contributed by atoms with E-state index in [1.165, 1.54) is 42.5 Å². The van der Waals surface area contributed by atoms with Crippen LogP contribution in [-0.4, -0.2) is 36.5 Å². The highest BCUT2D eigenvalue weighted by molar-refractivity contribution is 5.76. The lowest BCUT2D eigenvalue weighted by Gasteiger charge is -2.23. The molecule has 2 atom stereocenters. The lowest BCUT2D eigenvalue weighted by Crippen LogP contribution is -2.40. The monoisotopic (exact) mass is 416 g/mol. The molecule has 0 aliphatic carbocycles.